The van der Waals surface area contributed by atoms with Gasteiger partial charge in [-0.2, -0.15) is 0 Å². The number of rotatable bonds is 2. The van der Waals surface area contributed by atoms with Gasteiger partial charge < -0.3 is 15.4 Å². The number of likely N-dealkylation sites (tertiary alicyclic amines) is 1. The van der Waals surface area contributed by atoms with Crippen LogP contribution in [0.1, 0.15) is 22.5 Å². The fourth-order valence-electron chi connectivity index (χ4n) is 2.71. The maximum Gasteiger partial charge on any atom is 0.266 e. The third-order valence-corrected chi connectivity index (χ3v) is 5.53. The van der Waals surface area contributed by atoms with Crippen molar-refractivity contribution < 1.29 is 9.53 Å². The van der Waals surface area contributed by atoms with Crippen molar-refractivity contribution in [1.82, 2.24) is 4.90 Å². The van der Waals surface area contributed by atoms with Crippen LogP contribution in [0.4, 0.5) is 5.69 Å². The van der Waals surface area contributed by atoms with E-state index in [0.717, 1.165) is 33.9 Å². The number of piperidine rings is 1. The third-order valence-electron chi connectivity index (χ3n) is 3.88. The molecular weight excluding hydrogens is 352 g/mol. The van der Waals surface area contributed by atoms with Gasteiger partial charge in [0.15, 0.2) is 0 Å². The zero-order valence-corrected chi connectivity index (χ0v) is 14.2. The van der Waals surface area contributed by atoms with Gasteiger partial charge >= 0.3 is 0 Å². The molecule has 1 aliphatic rings. The number of nitrogen functional groups attached to an aromatic ring is 1. The van der Waals surface area contributed by atoms with Gasteiger partial charge in [0, 0.05) is 34.8 Å². The molecule has 6 heteroatoms. The van der Waals surface area contributed by atoms with E-state index in [1.165, 1.54) is 11.3 Å². The molecule has 2 aromatic rings. The second kappa shape index (κ2) is 5.94. The lowest BCUT2D eigenvalue weighted by molar-refractivity contribution is 0.0272. The molecule has 0 radical (unpaired) electrons. The van der Waals surface area contributed by atoms with Crippen molar-refractivity contribution >= 4 is 48.9 Å². The summed E-state index contributed by atoms with van der Waals surface area (Å²) < 4.78 is 7.41. The number of hydrogen-bond donors (Lipinski definition) is 1. The van der Waals surface area contributed by atoms with Gasteiger partial charge in [-0.1, -0.05) is 22.0 Å². The van der Waals surface area contributed by atoms with Gasteiger partial charge in [-0.3, -0.25) is 4.79 Å². The van der Waals surface area contributed by atoms with E-state index in [0.29, 0.717) is 17.1 Å². The van der Waals surface area contributed by atoms with E-state index in [1.54, 1.807) is 7.11 Å². The summed E-state index contributed by atoms with van der Waals surface area (Å²) in [7, 11) is 1.70. The monoisotopic (exact) mass is 368 g/mol. The van der Waals surface area contributed by atoms with E-state index in [4.69, 9.17) is 10.5 Å². The van der Waals surface area contributed by atoms with Gasteiger partial charge in [0.1, 0.15) is 4.88 Å². The fourth-order valence-corrected chi connectivity index (χ4v) is 4.35. The van der Waals surface area contributed by atoms with Crippen LogP contribution in [0.3, 0.4) is 0 Å². The number of methoxy groups -OCH3 is 1. The maximum atomic E-state index is 12.7. The molecule has 1 fully saturated rings. The Hall–Kier alpha value is -1.11. The van der Waals surface area contributed by atoms with E-state index < -0.39 is 0 Å². The quantitative estimate of drug-likeness (QED) is 0.882. The molecule has 112 valence electrons. The Morgan fingerprint density at radius 3 is 3.10 bits per heavy atom. The Balaban J connectivity index is 1.92. The first-order valence-corrected chi connectivity index (χ1v) is 8.50. The summed E-state index contributed by atoms with van der Waals surface area (Å²) in [5.41, 5.74) is 6.77. The molecule has 0 saturated carbocycles. The van der Waals surface area contributed by atoms with E-state index in [-0.39, 0.29) is 12.0 Å². The lowest BCUT2D eigenvalue weighted by Crippen LogP contribution is -2.42. The highest BCUT2D eigenvalue weighted by molar-refractivity contribution is 9.10. The number of ether oxygens (including phenoxy) is 1. The molecule has 1 aromatic heterocycles. The molecule has 0 spiro atoms. The Morgan fingerprint density at radius 1 is 1.52 bits per heavy atom. The van der Waals surface area contributed by atoms with Crippen LogP contribution in [0.15, 0.2) is 22.7 Å². The molecule has 3 rings (SSSR count). The van der Waals surface area contributed by atoms with Gasteiger partial charge in [0.2, 0.25) is 0 Å². The first-order valence-electron chi connectivity index (χ1n) is 6.89. The molecule has 1 aromatic carbocycles. The number of hydrogen-bond acceptors (Lipinski definition) is 4. The lowest BCUT2D eigenvalue weighted by atomic mass is 10.1. The predicted molar refractivity (Wildman–Crippen MR) is 89.9 cm³/mol. The maximum absolute atomic E-state index is 12.7. The van der Waals surface area contributed by atoms with Gasteiger partial charge in [-0.25, -0.2) is 0 Å². The fraction of sp³-hybridized carbons (Fsp3) is 0.400. The summed E-state index contributed by atoms with van der Waals surface area (Å²) in [4.78, 5) is 15.2. The second-order valence-electron chi connectivity index (χ2n) is 5.24. The predicted octanol–water partition coefficient (Wildman–Crippen LogP) is 3.50. The summed E-state index contributed by atoms with van der Waals surface area (Å²) in [6.45, 7) is 1.42. The molecule has 1 atom stereocenters. The number of benzene rings is 1. The van der Waals surface area contributed by atoms with Crippen LogP contribution in [-0.2, 0) is 4.74 Å². The molecule has 21 heavy (non-hydrogen) atoms. The van der Waals surface area contributed by atoms with Gasteiger partial charge in [0.25, 0.3) is 5.91 Å². The SMILES string of the molecule is COC1CCCN(C(=O)c2sc3cc(Br)ccc3c2N)C1. The van der Waals surface area contributed by atoms with Crippen molar-refractivity contribution in [3.63, 3.8) is 0 Å². The third kappa shape index (κ3) is 2.80. The number of nitrogens with zero attached hydrogens (tertiary/aromatic N) is 1. The number of fused-ring (bicyclic) bond motifs is 1. The van der Waals surface area contributed by atoms with Crippen LogP contribution in [0.25, 0.3) is 10.1 Å². The molecule has 0 aliphatic carbocycles. The van der Waals surface area contributed by atoms with Crippen LogP contribution in [0.2, 0.25) is 0 Å². The minimum atomic E-state index is 0.0200. The van der Waals surface area contributed by atoms with Gasteiger partial charge in [0.05, 0.1) is 11.8 Å². The Bertz CT molecular complexity index is 686. The topological polar surface area (TPSA) is 55.6 Å². The molecule has 0 bridgehead atoms. The molecule has 2 heterocycles. The second-order valence-corrected chi connectivity index (χ2v) is 7.20. The van der Waals surface area contributed by atoms with E-state index in [9.17, 15) is 4.79 Å². The lowest BCUT2D eigenvalue weighted by Gasteiger charge is -2.31. The zero-order chi connectivity index (χ0) is 15.0. The number of carbonyl (C=O) groups is 1. The van der Waals surface area contributed by atoms with E-state index >= 15 is 0 Å². The van der Waals surface area contributed by atoms with Crippen molar-refractivity contribution in [2.75, 3.05) is 25.9 Å². The minimum Gasteiger partial charge on any atom is -0.397 e. The van der Waals surface area contributed by atoms with Crippen LogP contribution in [-0.4, -0.2) is 37.1 Å². The molecule has 2 N–H and O–H groups in total. The summed E-state index contributed by atoms with van der Waals surface area (Å²) in [5, 5.41) is 0.951. The number of anilines is 1. The number of amides is 1. The van der Waals surface area contributed by atoms with E-state index in [1.807, 2.05) is 23.1 Å². The Kier molecular flexibility index (Phi) is 4.19. The highest BCUT2D eigenvalue weighted by Crippen LogP contribution is 2.36. The van der Waals surface area contributed by atoms with Gasteiger partial charge in [-0.15, -0.1) is 11.3 Å². The van der Waals surface area contributed by atoms with E-state index in [2.05, 4.69) is 15.9 Å². The number of halogens is 1. The average molecular weight is 369 g/mol. The van der Waals surface area contributed by atoms with Crippen LogP contribution in [0, 0.1) is 0 Å². The van der Waals surface area contributed by atoms with Crippen molar-refractivity contribution in [3.8, 4) is 0 Å². The van der Waals surface area contributed by atoms with Crippen LogP contribution in [0.5, 0.6) is 0 Å². The van der Waals surface area contributed by atoms with Crippen molar-refractivity contribution in [3.05, 3.63) is 27.5 Å². The largest absolute Gasteiger partial charge is 0.397 e. The molecule has 4 nitrogen and oxygen atoms in total. The Morgan fingerprint density at radius 2 is 2.33 bits per heavy atom. The molecule has 1 amide bonds. The molecule has 1 saturated heterocycles. The summed E-state index contributed by atoms with van der Waals surface area (Å²) in [5.74, 6) is 0.0200. The van der Waals surface area contributed by atoms with Crippen molar-refractivity contribution in [2.45, 2.75) is 18.9 Å². The number of carbonyl (C=O) groups excluding carboxylic acids is 1. The standard InChI is InChI=1S/C15H17BrN2O2S/c1-20-10-3-2-6-18(8-10)15(19)14-13(17)11-5-4-9(16)7-12(11)21-14/h4-5,7,10H,2-3,6,8,17H2,1H3. The van der Waals surface area contributed by atoms with Gasteiger partial charge in [-0.05, 0) is 25.0 Å². The zero-order valence-electron chi connectivity index (χ0n) is 11.8. The number of nitrogens with two attached hydrogens (primary N) is 1. The van der Waals surface area contributed by atoms with Crippen molar-refractivity contribution in [1.29, 1.82) is 0 Å². The van der Waals surface area contributed by atoms with Crippen LogP contribution >= 0.6 is 27.3 Å². The average Bonchev–Trinajstić information content (AvgIpc) is 2.83. The normalized spacial score (nSPS) is 19.1. The molecule has 1 unspecified atom stereocenters. The summed E-state index contributed by atoms with van der Waals surface area (Å²) in [6, 6.07) is 5.90. The van der Waals surface area contributed by atoms with Crippen molar-refractivity contribution in [2.24, 2.45) is 0 Å². The molecule has 1 aliphatic heterocycles. The summed E-state index contributed by atoms with van der Waals surface area (Å²) in [6.07, 6.45) is 2.11. The number of thiophene rings is 1. The highest BCUT2D eigenvalue weighted by Gasteiger charge is 2.27. The van der Waals surface area contributed by atoms with Crippen LogP contribution < -0.4 is 5.73 Å². The molecular formula is C15H17BrN2O2S. The smallest absolute Gasteiger partial charge is 0.266 e. The first kappa shape index (κ1) is 14.8. The minimum absolute atomic E-state index is 0.0200. The highest BCUT2D eigenvalue weighted by atomic mass is 79.9. The first-order chi connectivity index (χ1) is 10.1. The Labute approximate surface area is 136 Å². The summed E-state index contributed by atoms with van der Waals surface area (Å²) >= 11 is 4.91.